The summed E-state index contributed by atoms with van der Waals surface area (Å²) >= 11 is 0. The monoisotopic (exact) mass is 236 g/mol. The fourth-order valence-electron chi connectivity index (χ4n) is 1.66. The van der Waals surface area contributed by atoms with E-state index in [9.17, 15) is 4.79 Å². The molecule has 1 unspecified atom stereocenters. The van der Waals surface area contributed by atoms with Crippen molar-refractivity contribution in [1.82, 2.24) is 5.32 Å². The highest BCUT2D eigenvalue weighted by atomic mass is 16.5. The molecule has 0 saturated heterocycles. The van der Waals surface area contributed by atoms with Gasteiger partial charge in [-0.25, -0.2) is 0 Å². The van der Waals surface area contributed by atoms with Crippen LogP contribution >= 0.6 is 0 Å². The fraction of sp³-hybridized carbons (Fsp3) is 0.462. The van der Waals surface area contributed by atoms with Gasteiger partial charge in [-0.15, -0.1) is 0 Å². The van der Waals surface area contributed by atoms with Gasteiger partial charge in [0, 0.05) is 25.9 Å². The molecular formula is C13H20N2O2. The first-order valence-corrected chi connectivity index (χ1v) is 5.66. The zero-order valence-electron chi connectivity index (χ0n) is 10.8. The van der Waals surface area contributed by atoms with Crippen LogP contribution in [0.1, 0.15) is 22.8 Å². The lowest BCUT2D eigenvalue weighted by Gasteiger charge is -2.15. The lowest BCUT2D eigenvalue weighted by atomic mass is 10.1. The summed E-state index contributed by atoms with van der Waals surface area (Å²) in [5, 5.41) is 5.92. The summed E-state index contributed by atoms with van der Waals surface area (Å²) in [6, 6.07) is 5.71. The second-order valence-electron chi connectivity index (χ2n) is 4.13. The molecule has 2 N–H and O–H groups in total. The molecule has 1 atom stereocenters. The predicted molar refractivity (Wildman–Crippen MR) is 69.5 cm³/mol. The molecule has 0 bridgehead atoms. The Hall–Kier alpha value is -1.55. The third-order valence-electron chi connectivity index (χ3n) is 2.48. The van der Waals surface area contributed by atoms with Crippen LogP contribution < -0.4 is 10.6 Å². The number of benzene rings is 1. The lowest BCUT2D eigenvalue weighted by molar-refractivity contribution is 0.0906. The molecule has 0 fully saturated rings. The molecular weight excluding hydrogens is 216 g/mol. The molecule has 0 aliphatic heterocycles. The maximum atomic E-state index is 12.0. The smallest absolute Gasteiger partial charge is 0.253 e. The van der Waals surface area contributed by atoms with Crippen LogP contribution in [0.2, 0.25) is 0 Å². The summed E-state index contributed by atoms with van der Waals surface area (Å²) in [6.45, 7) is 4.41. The van der Waals surface area contributed by atoms with E-state index in [1.165, 1.54) is 0 Å². The fourth-order valence-corrected chi connectivity index (χ4v) is 1.66. The summed E-state index contributed by atoms with van der Waals surface area (Å²) in [7, 11) is 3.43. The Kier molecular flexibility index (Phi) is 4.97. The average Bonchev–Trinajstić information content (AvgIpc) is 2.28. The molecule has 1 rings (SSSR count). The third-order valence-corrected chi connectivity index (χ3v) is 2.48. The Morgan fingerprint density at radius 2 is 2.18 bits per heavy atom. The van der Waals surface area contributed by atoms with E-state index in [2.05, 4.69) is 10.6 Å². The molecule has 0 spiro atoms. The normalized spacial score (nSPS) is 12.0. The van der Waals surface area contributed by atoms with Gasteiger partial charge in [0.2, 0.25) is 0 Å². The minimum Gasteiger partial charge on any atom is -0.387 e. The van der Waals surface area contributed by atoms with E-state index in [1.54, 1.807) is 7.11 Å². The SMILES string of the molecule is CNc1cc(C)ccc1C(=O)NC(C)COC. The second kappa shape index (κ2) is 6.25. The maximum Gasteiger partial charge on any atom is 0.253 e. The highest BCUT2D eigenvalue weighted by molar-refractivity contribution is 5.99. The van der Waals surface area contributed by atoms with E-state index in [-0.39, 0.29) is 11.9 Å². The summed E-state index contributed by atoms with van der Waals surface area (Å²) in [5.41, 5.74) is 2.61. The zero-order chi connectivity index (χ0) is 12.8. The molecule has 0 radical (unpaired) electrons. The minimum atomic E-state index is -0.0844. The van der Waals surface area contributed by atoms with Gasteiger partial charge >= 0.3 is 0 Å². The van der Waals surface area contributed by atoms with Crippen molar-refractivity contribution in [3.8, 4) is 0 Å². The van der Waals surface area contributed by atoms with Crippen molar-refractivity contribution in [3.05, 3.63) is 29.3 Å². The van der Waals surface area contributed by atoms with Crippen LogP contribution in [0.5, 0.6) is 0 Å². The van der Waals surface area contributed by atoms with Gasteiger partial charge < -0.3 is 15.4 Å². The standard InChI is InChI=1S/C13H20N2O2/c1-9-5-6-11(12(7-9)14-3)13(16)15-10(2)8-17-4/h5-7,10,14H,8H2,1-4H3,(H,15,16). The number of aryl methyl sites for hydroxylation is 1. The van der Waals surface area contributed by atoms with Gasteiger partial charge in [-0.3, -0.25) is 4.79 Å². The molecule has 0 heterocycles. The van der Waals surface area contributed by atoms with E-state index in [1.807, 2.05) is 39.1 Å². The van der Waals surface area contributed by atoms with Crippen molar-refractivity contribution in [2.24, 2.45) is 0 Å². The number of carbonyl (C=O) groups is 1. The van der Waals surface area contributed by atoms with Crippen LogP contribution in [0.4, 0.5) is 5.69 Å². The number of nitrogens with one attached hydrogen (secondary N) is 2. The van der Waals surface area contributed by atoms with Crippen molar-refractivity contribution < 1.29 is 9.53 Å². The topological polar surface area (TPSA) is 50.4 Å². The van der Waals surface area contributed by atoms with Crippen molar-refractivity contribution in [3.63, 3.8) is 0 Å². The van der Waals surface area contributed by atoms with Gasteiger partial charge in [-0.1, -0.05) is 6.07 Å². The van der Waals surface area contributed by atoms with E-state index >= 15 is 0 Å². The second-order valence-corrected chi connectivity index (χ2v) is 4.13. The molecule has 0 saturated carbocycles. The Balaban J connectivity index is 2.81. The molecule has 94 valence electrons. The molecule has 4 heteroatoms. The molecule has 0 aliphatic rings. The largest absolute Gasteiger partial charge is 0.387 e. The molecule has 0 aliphatic carbocycles. The lowest BCUT2D eigenvalue weighted by Crippen LogP contribution is -2.35. The van der Waals surface area contributed by atoms with Crippen LogP contribution in [-0.2, 0) is 4.74 Å². The molecule has 17 heavy (non-hydrogen) atoms. The number of carbonyl (C=O) groups excluding carboxylic acids is 1. The maximum absolute atomic E-state index is 12.0. The minimum absolute atomic E-state index is 0.00138. The Labute approximate surface area is 102 Å². The van der Waals surface area contributed by atoms with Crippen LogP contribution in [0.15, 0.2) is 18.2 Å². The Morgan fingerprint density at radius 3 is 2.76 bits per heavy atom. The Bertz CT molecular complexity index is 391. The van der Waals surface area contributed by atoms with Crippen molar-refractivity contribution in [1.29, 1.82) is 0 Å². The van der Waals surface area contributed by atoms with Gasteiger partial charge in [0.15, 0.2) is 0 Å². The average molecular weight is 236 g/mol. The number of methoxy groups -OCH3 is 1. The number of hydrogen-bond acceptors (Lipinski definition) is 3. The number of anilines is 1. The molecule has 1 aromatic rings. The zero-order valence-corrected chi connectivity index (χ0v) is 10.8. The van der Waals surface area contributed by atoms with Crippen molar-refractivity contribution >= 4 is 11.6 Å². The highest BCUT2D eigenvalue weighted by Gasteiger charge is 2.13. The number of amides is 1. The first kappa shape index (κ1) is 13.5. The van der Waals surface area contributed by atoms with Crippen LogP contribution in [0.25, 0.3) is 0 Å². The van der Waals surface area contributed by atoms with Crippen LogP contribution in [-0.4, -0.2) is 32.7 Å². The van der Waals surface area contributed by atoms with Gasteiger partial charge in [-0.2, -0.15) is 0 Å². The summed E-state index contributed by atoms with van der Waals surface area (Å²) in [5.74, 6) is -0.0844. The van der Waals surface area contributed by atoms with Crippen LogP contribution in [0.3, 0.4) is 0 Å². The number of hydrogen-bond donors (Lipinski definition) is 2. The summed E-state index contributed by atoms with van der Waals surface area (Å²) < 4.78 is 4.99. The van der Waals surface area contributed by atoms with Gasteiger partial charge in [-0.05, 0) is 31.5 Å². The van der Waals surface area contributed by atoms with E-state index in [0.29, 0.717) is 12.2 Å². The number of ether oxygens (including phenoxy) is 1. The molecule has 4 nitrogen and oxygen atoms in total. The van der Waals surface area contributed by atoms with Crippen LogP contribution in [0, 0.1) is 6.92 Å². The van der Waals surface area contributed by atoms with Crippen molar-refractivity contribution in [2.75, 3.05) is 26.1 Å². The number of rotatable bonds is 5. The highest BCUT2D eigenvalue weighted by Crippen LogP contribution is 2.16. The Morgan fingerprint density at radius 1 is 1.47 bits per heavy atom. The molecule has 1 amide bonds. The molecule has 0 aromatic heterocycles. The summed E-state index contributed by atoms with van der Waals surface area (Å²) in [4.78, 5) is 12.0. The van der Waals surface area contributed by atoms with Gasteiger partial charge in [0.1, 0.15) is 0 Å². The first-order chi connectivity index (χ1) is 8.08. The van der Waals surface area contributed by atoms with E-state index in [4.69, 9.17) is 4.74 Å². The van der Waals surface area contributed by atoms with E-state index < -0.39 is 0 Å². The summed E-state index contributed by atoms with van der Waals surface area (Å²) in [6.07, 6.45) is 0. The molecule has 1 aromatic carbocycles. The third kappa shape index (κ3) is 3.75. The quantitative estimate of drug-likeness (QED) is 0.819. The van der Waals surface area contributed by atoms with Gasteiger partial charge in [0.25, 0.3) is 5.91 Å². The van der Waals surface area contributed by atoms with E-state index in [0.717, 1.165) is 11.3 Å². The van der Waals surface area contributed by atoms with Gasteiger partial charge in [0.05, 0.1) is 12.2 Å². The first-order valence-electron chi connectivity index (χ1n) is 5.66. The van der Waals surface area contributed by atoms with Crippen molar-refractivity contribution in [2.45, 2.75) is 19.9 Å². The predicted octanol–water partition coefficient (Wildman–Crippen LogP) is 1.80.